The normalized spacial score (nSPS) is 20.3. The zero-order valence-corrected chi connectivity index (χ0v) is 18.7. The zero-order valence-electron chi connectivity index (χ0n) is 17.1. The summed E-state index contributed by atoms with van der Waals surface area (Å²) in [5, 5.41) is 11.2. The number of ether oxygens (including phenoxy) is 1. The Morgan fingerprint density at radius 1 is 1.25 bits per heavy atom. The number of carboxylic acid groups (broad SMARTS) is 1. The molecule has 0 spiro atoms. The minimum absolute atomic E-state index is 0.110. The van der Waals surface area contributed by atoms with Crippen LogP contribution in [0.15, 0.2) is 40.4 Å². The Bertz CT molecular complexity index is 1100. The molecule has 32 heavy (non-hydrogen) atoms. The number of aryl methyl sites for hydroxylation is 1. The van der Waals surface area contributed by atoms with Gasteiger partial charge in [-0.2, -0.15) is 8.42 Å². The van der Waals surface area contributed by atoms with Gasteiger partial charge < -0.3 is 15.2 Å². The average Bonchev–Trinajstić information content (AvgIpc) is 2.74. The number of hydrogen-bond acceptors (Lipinski definition) is 9. The summed E-state index contributed by atoms with van der Waals surface area (Å²) in [6.07, 6.45) is 0. The minimum atomic E-state index is -4.16. The van der Waals surface area contributed by atoms with Gasteiger partial charge in [-0.25, -0.2) is 4.79 Å². The first-order valence-electron chi connectivity index (χ1n) is 9.30. The van der Waals surface area contributed by atoms with Crippen LogP contribution < -0.4 is 5.32 Å². The predicted molar refractivity (Wildman–Crippen MR) is 111 cm³/mol. The molecule has 1 aromatic carbocycles. The van der Waals surface area contributed by atoms with E-state index in [4.69, 9.17) is 8.92 Å². The number of aliphatic carboxylic acids is 1. The first-order valence-corrected chi connectivity index (χ1v) is 11.8. The van der Waals surface area contributed by atoms with Crippen molar-refractivity contribution in [3.63, 3.8) is 0 Å². The first-order chi connectivity index (χ1) is 15.0. The smallest absolute Gasteiger partial charge is 0.352 e. The second-order valence-corrected chi connectivity index (χ2v) is 9.74. The van der Waals surface area contributed by atoms with Gasteiger partial charge in [0.05, 0.1) is 4.90 Å². The number of thioether (sulfide) groups is 1. The number of benzene rings is 1. The van der Waals surface area contributed by atoms with Crippen LogP contribution in [-0.2, 0) is 38.2 Å². The molecular weight excluding hydrogens is 464 g/mol. The number of fused-ring (bicyclic) bond motifs is 1. The molecule has 2 heterocycles. The van der Waals surface area contributed by atoms with E-state index in [1.54, 1.807) is 19.1 Å². The van der Waals surface area contributed by atoms with Gasteiger partial charge in [-0.3, -0.25) is 23.5 Å². The number of β-lactam (4-membered cyclic amide) rings is 1. The third kappa shape index (κ3) is 4.95. The molecule has 13 heteroatoms. The molecular formula is C19H20N2O9S2. The quantitative estimate of drug-likeness (QED) is 0.292. The van der Waals surface area contributed by atoms with Crippen molar-refractivity contribution in [2.45, 2.75) is 30.2 Å². The van der Waals surface area contributed by atoms with Crippen molar-refractivity contribution in [3.05, 3.63) is 41.1 Å². The second-order valence-electron chi connectivity index (χ2n) is 7.02. The van der Waals surface area contributed by atoms with Gasteiger partial charge in [-0.05, 0) is 19.1 Å². The number of esters is 1. The topological polar surface area (TPSA) is 156 Å². The SMILES string of the molecule is CC(=O)OCC1=C(C(=O)O)N2C(=O)[C@@H](NC(=O)COS(=O)(=O)c3ccc(C)cc3)[C@H]2SC1. The first kappa shape index (κ1) is 23.8. The van der Waals surface area contributed by atoms with E-state index in [0.717, 1.165) is 10.5 Å². The van der Waals surface area contributed by atoms with Crippen LogP contribution >= 0.6 is 11.8 Å². The van der Waals surface area contributed by atoms with Crippen molar-refractivity contribution in [1.29, 1.82) is 0 Å². The number of carbonyl (C=O) groups excluding carboxylic acids is 3. The van der Waals surface area contributed by atoms with E-state index in [9.17, 15) is 32.7 Å². The van der Waals surface area contributed by atoms with E-state index in [1.807, 2.05) is 0 Å². The van der Waals surface area contributed by atoms with E-state index in [1.165, 1.54) is 30.8 Å². The molecule has 2 amide bonds. The molecule has 2 N–H and O–H groups in total. The highest BCUT2D eigenvalue weighted by Gasteiger charge is 2.54. The average molecular weight is 485 g/mol. The van der Waals surface area contributed by atoms with Crippen molar-refractivity contribution in [3.8, 4) is 0 Å². The van der Waals surface area contributed by atoms with Gasteiger partial charge in [0.1, 0.15) is 30.3 Å². The van der Waals surface area contributed by atoms with Gasteiger partial charge in [0.25, 0.3) is 16.0 Å². The van der Waals surface area contributed by atoms with E-state index in [2.05, 4.69) is 5.32 Å². The van der Waals surface area contributed by atoms with Crippen molar-refractivity contribution in [1.82, 2.24) is 10.2 Å². The van der Waals surface area contributed by atoms with Crippen LogP contribution in [0.5, 0.6) is 0 Å². The van der Waals surface area contributed by atoms with Gasteiger partial charge in [0.15, 0.2) is 0 Å². The third-order valence-electron chi connectivity index (χ3n) is 4.67. The van der Waals surface area contributed by atoms with E-state index >= 15 is 0 Å². The lowest BCUT2D eigenvalue weighted by molar-refractivity contribution is -0.151. The maximum atomic E-state index is 12.5. The Hall–Kier alpha value is -2.90. The molecule has 1 aromatic rings. The predicted octanol–water partition coefficient (Wildman–Crippen LogP) is 0.00202. The molecule has 0 unspecified atom stereocenters. The molecule has 0 radical (unpaired) electrons. The number of carboxylic acids is 1. The summed E-state index contributed by atoms with van der Waals surface area (Å²) in [6.45, 7) is 1.87. The van der Waals surface area contributed by atoms with E-state index in [0.29, 0.717) is 0 Å². The lowest BCUT2D eigenvalue weighted by Gasteiger charge is -2.49. The minimum Gasteiger partial charge on any atom is -0.477 e. The van der Waals surface area contributed by atoms with Crippen LogP contribution in [0.1, 0.15) is 12.5 Å². The molecule has 11 nitrogen and oxygen atoms in total. The largest absolute Gasteiger partial charge is 0.477 e. The maximum absolute atomic E-state index is 12.5. The van der Waals surface area contributed by atoms with Crippen LogP contribution in [0.2, 0.25) is 0 Å². The number of amides is 2. The number of nitrogens with one attached hydrogen (secondary N) is 1. The van der Waals surface area contributed by atoms with Crippen LogP contribution in [-0.4, -0.2) is 72.6 Å². The summed E-state index contributed by atoms with van der Waals surface area (Å²) in [4.78, 5) is 48.3. The summed E-state index contributed by atoms with van der Waals surface area (Å²) >= 11 is 1.19. The number of rotatable bonds is 8. The lowest BCUT2D eigenvalue weighted by Crippen LogP contribution is -2.70. The number of nitrogens with zero attached hydrogens (tertiary/aromatic N) is 1. The molecule has 3 rings (SSSR count). The Labute approximate surface area is 187 Å². The van der Waals surface area contributed by atoms with Gasteiger partial charge in [-0.15, -0.1) is 11.8 Å². The molecule has 0 aromatic heterocycles. The van der Waals surface area contributed by atoms with E-state index in [-0.39, 0.29) is 28.5 Å². The van der Waals surface area contributed by atoms with Crippen molar-refractivity contribution in [2.75, 3.05) is 19.0 Å². The van der Waals surface area contributed by atoms with Gasteiger partial charge in [0, 0.05) is 18.2 Å². The molecule has 0 bridgehead atoms. The number of carbonyl (C=O) groups is 4. The third-order valence-corrected chi connectivity index (χ3v) is 7.29. The fourth-order valence-electron chi connectivity index (χ4n) is 3.10. The van der Waals surface area contributed by atoms with Crippen LogP contribution in [0.4, 0.5) is 0 Å². The van der Waals surface area contributed by atoms with Crippen molar-refractivity contribution >= 4 is 45.6 Å². The fraction of sp³-hybridized carbons (Fsp3) is 0.368. The summed E-state index contributed by atoms with van der Waals surface area (Å²) in [6, 6.07) is 4.83. The highest BCUT2D eigenvalue weighted by atomic mass is 32.2. The van der Waals surface area contributed by atoms with Gasteiger partial charge in [-0.1, -0.05) is 17.7 Å². The summed E-state index contributed by atoms with van der Waals surface area (Å²) in [5.74, 6) is -3.28. The molecule has 1 fully saturated rings. The Morgan fingerprint density at radius 2 is 1.91 bits per heavy atom. The molecule has 1 saturated heterocycles. The fourth-order valence-corrected chi connectivity index (χ4v) is 5.30. The Balaban J connectivity index is 1.62. The van der Waals surface area contributed by atoms with Crippen LogP contribution in [0.3, 0.4) is 0 Å². The van der Waals surface area contributed by atoms with Gasteiger partial charge in [0.2, 0.25) is 5.91 Å². The Morgan fingerprint density at radius 3 is 2.50 bits per heavy atom. The van der Waals surface area contributed by atoms with Crippen molar-refractivity contribution in [2.24, 2.45) is 0 Å². The molecule has 2 aliphatic heterocycles. The molecule has 172 valence electrons. The summed E-state index contributed by atoms with van der Waals surface area (Å²) in [7, 11) is -4.16. The molecule has 0 saturated carbocycles. The molecule has 2 aliphatic rings. The highest BCUT2D eigenvalue weighted by Crippen LogP contribution is 2.40. The van der Waals surface area contributed by atoms with Crippen LogP contribution in [0.25, 0.3) is 0 Å². The molecule has 0 aliphatic carbocycles. The Kier molecular flexibility index (Phi) is 6.91. The van der Waals surface area contributed by atoms with E-state index < -0.39 is 51.9 Å². The summed E-state index contributed by atoms with van der Waals surface area (Å²) < 4.78 is 34.0. The second kappa shape index (κ2) is 9.30. The maximum Gasteiger partial charge on any atom is 0.352 e. The molecule has 2 atom stereocenters. The standard InChI is InChI=1S/C19H20N2O9S2/c1-10-3-5-13(6-4-10)32(27,28)30-8-14(23)20-15-17(24)21-16(19(25)26)12(7-29-11(2)22)9-31-18(15)21/h3-6,15,18H,7-9H2,1-2H3,(H,20,23)(H,25,26)/t15-,18-/m1/s1. The monoisotopic (exact) mass is 484 g/mol. The number of hydrogen-bond donors (Lipinski definition) is 2. The van der Waals surface area contributed by atoms with Crippen molar-refractivity contribution < 1.29 is 41.6 Å². The van der Waals surface area contributed by atoms with Crippen LogP contribution in [0, 0.1) is 6.92 Å². The van der Waals surface area contributed by atoms with Gasteiger partial charge >= 0.3 is 11.9 Å². The highest BCUT2D eigenvalue weighted by molar-refractivity contribution is 8.00. The zero-order chi connectivity index (χ0) is 23.6. The lowest BCUT2D eigenvalue weighted by atomic mass is 10.0. The summed E-state index contributed by atoms with van der Waals surface area (Å²) in [5.41, 5.74) is 0.828.